The second-order valence-corrected chi connectivity index (χ2v) is 5.70. The molecule has 0 unspecified atom stereocenters. The maximum atomic E-state index is 3.53. The molecule has 0 amide bonds. The highest BCUT2D eigenvalue weighted by atomic mass is 15.2. The van der Waals surface area contributed by atoms with Gasteiger partial charge >= 0.3 is 0 Å². The van der Waals surface area contributed by atoms with Crippen LogP contribution in [0, 0.1) is 0 Å². The third-order valence-electron chi connectivity index (χ3n) is 4.06. The molecule has 0 spiro atoms. The van der Waals surface area contributed by atoms with Gasteiger partial charge in [0.05, 0.1) is 0 Å². The first-order chi connectivity index (χ1) is 9.25. The van der Waals surface area contributed by atoms with Crippen LogP contribution in [0.3, 0.4) is 0 Å². The van der Waals surface area contributed by atoms with Crippen LogP contribution in [0.4, 0.5) is 0 Å². The quantitative estimate of drug-likeness (QED) is 0.788. The van der Waals surface area contributed by atoms with Gasteiger partial charge in [-0.1, -0.05) is 30.3 Å². The highest BCUT2D eigenvalue weighted by Gasteiger charge is 2.19. The van der Waals surface area contributed by atoms with Crippen molar-refractivity contribution in [2.45, 2.75) is 25.4 Å². The fraction of sp³-hybridized carbons (Fsp3) is 0.625. The Labute approximate surface area is 117 Å². The van der Waals surface area contributed by atoms with E-state index >= 15 is 0 Å². The zero-order chi connectivity index (χ0) is 13.5. The summed E-state index contributed by atoms with van der Waals surface area (Å²) in [4.78, 5) is 4.95. The Morgan fingerprint density at radius 3 is 2.47 bits per heavy atom. The number of nitrogens with zero attached hydrogens (tertiary/aromatic N) is 2. The van der Waals surface area contributed by atoms with Crippen LogP contribution in [-0.4, -0.2) is 56.1 Å². The minimum absolute atomic E-state index is 0.786. The van der Waals surface area contributed by atoms with Crippen LogP contribution in [0.1, 0.15) is 18.4 Å². The van der Waals surface area contributed by atoms with Gasteiger partial charge in [-0.2, -0.15) is 0 Å². The predicted molar refractivity (Wildman–Crippen MR) is 81.3 cm³/mol. The molecule has 0 saturated carbocycles. The van der Waals surface area contributed by atoms with Gasteiger partial charge < -0.3 is 15.1 Å². The summed E-state index contributed by atoms with van der Waals surface area (Å²) in [6.07, 6.45) is 2.62. The molecule has 106 valence electrons. The van der Waals surface area contributed by atoms with Crippen molar-refractivity contribution in [3.8, 4) is 0 Å². The fourth-order valence-electron chi connectivity index (χ4n) is 2.73. The summed E-state index contributed by atoms with van der Waals surface area (Å²) in [7, 11) is 4.39. The summed E-state index contributed by atoms with van der Waals surface area (Å²) in [5.41, 5.74) is 1.37. The van der Waals surface area contributed by atoms with Crippen molar-refractivity contribution in [3.05, 3.63) is 35.9 Å². The molecule has 1 heterocycles. The molecule has 1 aliphatic rings. The molecule has 1 N–H and O–H groups in total. The molecule has 1 fully saturated rings. The van der Waals surface area contributed by atoms with Gasteiger partial charge in [-0.3, -0.25) is 0 Å². The van der Waals surface area contributed by atoms with Crippen molar-refractivity contribution in [2.75, 3.05) is 40.3 Å². The first kappa shape index (κ1) is 14.5. The van der Waals surface area contributed by atoms with E-state index in [-0.39, 0.29) is 0 Å². The number of hydrogen-bond acceptors (Lipinski definition) is 3. The maximum absolute atomic E-state index is 3.53. The predicted octanol–water partition coefficient (Wildman–Crippen LogP) is 1.80. The Morgan fingerprint density at radius 2 is 1.84 bits per heavy atom. The van der Waals surface area contributed by atoms with Crippen molar-refractivity contribution in [1.82, 2.24) is 15.1 Å². The van der Waals surface area contributed by atoms with E-state index in [1.54, 1.807) is 0 Å². The third kappa shape index (κ3) is 4.94. The number of benzene rings is 1. The first-order valence-electron chi connectivity index (χ1n) is 7.39. The Morgan fingerprint density at radius 1 is 1.16 bits per heavy atom. The van der Waals surface area contributed by atoms with Crippen molar-refractivity contribution in [2.24, 2.45) is 0 Å². The number of nitrogens with one attached hydrogen (secondary N) is 1. The Balaban J connectivity index is 1.57. The third-order valence-corrected chi connectivity index (χ3v) is 4.06. The first-order valence-corrected chi connectivity index (χ1v) is 7.39. The molecule has 1 saturated heterocycles. The molecule has 1 aromatic rings. The van der Waals surface area contributed by atoms with Gasteiger partial charge in [0.15, 0.2) is 0 Å². The summed E-state index contributed by atoms with van der Waals surface area (Å²) in [5.74, 6) is 0. The minimum Gasteiger partial charge on any atom is -0.311 e. The maximum Gasteiger partial charge on any atom is 0.0206 e. The lowest BCUT2D eigenvalue weighted by Gasteiger charge is -2.35. The molecule has 1 aliphatic heterocycles. The van der Waals surface area contributed by atoms with Crippen LogP contribution in [-0.2, 0) is 6.54 Å². The number of hydrogen-bond donors (Lipinski definition) is 1. The molecule has 0 atom stereocenters. The average Bonchev–Trinajstić information content (AvgIpc) is 2.45. The average molecular weight is 261 g/mol. The molecule has 0 radical (unpaired) electrons. The Bertz CT molecular complexity index is 342. The van der Waals surface area contributed by atoms with Crippen LogP contribution in [0.25, 0.3) is 0 Å². The van der Waals surface area contributed by atoms with E-state index in [9.17, 15) is 0 Å². The lowest BCUT2D eigenvalue weighted by Crippen LogP contribution is -2.43. The summed E-state index contributed by atoms with van der Waals surface area (Å²) in [6, 6.07) is 11.4. The molecule has 19 heavy (non-hydrogen) atoms. The van der Waals surface area contributed by atoms with E-state index in [0.717, 1.165) is 19.1 Å². The summed E-state index contributed by atoms with van der Waals surface area (Å²) < 4.78 is 0. The molecule has 3 nitrogen and oxygen atoms in total. The summed E-state index contributed by atoms with van der Waals surface area (Å²) >= 11 is 0. The number of rotatable bonds is 6. The molecule has 0 aliphatic carbocycles. The van der Waals surface area contributed by atoms with Crippen LogP contribution in [0.15, 0.2) is 30.3 Å². The summed E-state index contributed by atoms with van der Waals surface area (Å²) in [5, 5.41) is 3.53. The van der Waals surface area contributed by atoms with Crippen molar-refractivity contribution in [3.63, 3.8) is 0 Å². The highest BCUT2D eigenvalue weighted by molar-refractivity contribution is 5.14. The zero-order valence-corrected chi connectivity index (χ0v) is 12.3. The normalized spacial score (nSPS) is 18.1. The molecule has 0 bridgehead atoms. The molecule has 0 aromatic heterocycles. The lowest BCUT2D eigenvalue weighted by atomic mass is 10.0. The van der Waals surface area contributed by atoms with Crippen LogP contribution < -0.4 is 5.32 Å². The van der Waals surface area contributed by atoms with Gasteiger partial charge in [0.1, 0.15) is 0 Å². The van der Waals surface area contributed by atoms with E-state index in [4.69, 9.17) is 0 Å². The highest BCUT2D eigenvalue weighted by Crippen LogP contribution is 2.13. The van der Waals surface area contributed by atoms with Crippen LogP contribution in [0.5, 0.6) is 0 Å². The fourth-order valence-corrected chi connectivity index (χ4v) is 2.73. The van der Waals surface area contributed by atoms with Gasteiger partial charge in [-0.15, -0.1) is 0 Å². The Kier molecular flexibility index (Phi) is 5.83. The number of piperidine rings is 1. The minimum atomic E-state index is 0.786. The van der Waals surface area contributed by atoms with Gasteiger partial charge in [0, 0.05) is 25.7 Å². The van der Waals surface area contributed by atoms with Crippen LogP contribution in [0.2, 0.25) is 0 Å². The number of likely N-dealkylation sites (tertiary alicyclic amines) is 1. The van der Waals surface area contributed by atoms with E-state index < -0.39 is 0 Å². The van der Waals surface area contributed by atoms with E-state index in [1.807, 2.05) is 0 Å². The van der Waals surface area contributed by atoms with Crippen LogP contribution >= 0.6 is 0 Å². The lowest BCUT2D eigenvalue weighted by molar-refractivity contribution is 0.145. The van der Waals surface area contributed by atoms with E-state index in [2.05, 4.69) is 59.5 Å². The standard InChI is InChI=1S/C16H27N3/c1-18(2)16-8-11-19(12-9-16)13-10-17-14-15-6-4-3-5-7-15/h3-7,16-17H,8-14H2,1-2H3. The van der Waals surface area contributed by atoms with Gasteiger partial charge in [0.2, 0.25) is 0 Å². The monoisotopic (exact) mass is 261 g/mol. The largest absolute Gasteiger partial charge is 0.311 e. The Hall–Kier alpha value is -0.900. The molecule has 2 rings (SSSR count). The van der Waals surface area contributed by atoms with Gasteiger partial charge in [-0.05, 0) is 45.6 Å². The SMILES string of the molecule is CN(C)C1CCN(CCNCc2ccccc2)CC1. The van der Waals surface area contributed by atoms with Crippen molar-refractivity contribution >= 4 is 0 Å². The molecule has 3 heteroatoms. The van der Waals surface area contributed by atoms with E-state index in [1.165, 1.54) is 38.0 Å². The van der Waals surface area contributed by atoms with Gasteiger partial charge in [-0.25, -0.2) is 0 Å². The molecule has 1 aromatic carbocycles. The second-order valence-electron chi connectivity index (χ2n) is 5.70. The van der Waals surface area contributed by atoms with Crippen molar-refractivity contribution < 1.29 is 0 Å². The summed E-state index contributed by atoms with van der Waals surface area (Å²) in [6.45, 7) is 5.73. The second kappa shape index (κ2) is 7.63. The topological polar surface area (TPSA) is 18.5 Å². The van der Waals surface area contributed by atoms with E-state index in [0.29, 0.717) is 0 Å². The zero-order valence-electron chi connectivity index (χ0n) is 12.3. The van der Waals surface area contributed by atoms with Gasteiger partial charge in [0.25, 0.3) is 0 Å². The smallest absolute Gasteiger partial charge is 0.0206 e. The molecular formula is C16H27N3. The molecular weight excluding hydrogens is 234 g/mol. The van der Waals surface area contributed by atoms with Crippen molar-refractivity contribution in [1.29, 1.82) is 0 Å².